The van der Waals surface area contributed by atoms with E-state index in [1.54, 1.807) is 13.4 Å². The van der Waals surface area contributed by atoms with E-state index < -0.39 is 0 Å². The van der Waals surface area contributed by atoms with Gasteiger partial charge in [0.25, 0.3) is 0 Å². The molecule has 1 saturated carbocycles. The summed E-state index contributed by atoms with van der Waals surface area (Å²) in [6.07, 6.45) is 5.85. The van der Waals surface area contributed by atoms with Gasteiger partial charge in [-0.05, 0) is 19.3 Å². The minimum absolute atomic E-state index is 0.0756. The molecule has 2 atom stereocenters. The highest BCUT2D eigenvalue weighted by Gasteiger charge is 2.31. The second kappa shape index (κ2) is 4.49. The summed E-state index contributed by atoms with van der Waals surface area (Å²) in [5, 5.41) is 2.71. The molecule has 1 aliphatic rings. The van der Waals surface area contributed by atoms with E-state index in [1.807, 2.05) is 4.57 Å². The lowest BCUT2D eigenvalue weighted by atomic mass is 10.1. The molecule has 19 heavy (non-hydrogen) atoms. The molecule has 0 unspecified atom stereocenters. The molecule has 1 aliphatic carbocycles. The molecule has 0 saturated heterocycles. The Morgan fingerprint density at radius 2 is 2.26 bits per heavy atom. The van der Waals surface area contributed by atoms with Gasteiger partial charge in [-0.15, -0.1) is 0 Å². The van der Waals surface area contributed by atoms with Crippen molar-refractivity contribution in [3.8, 4) is 0 Å². The van der Waals surface area contributed by atoms with E-state index in [1.165, 1.54) is 6.33 Å². The highest BCUT2D eigenvalue weighted by Crippen LogP contribution is 2.36. The maximum absolute atomic E-state index is 11.7. The monoisotopic (exact) mass is 260 g/mol. The van der Waals surface area contributed by atoms with Crippen LogP contribution >= 0.6 is 0 Å². The molecule has 3 N–H and O–H groups in total. The number of hydrogen-bond acceptors (Lipinski definition) is 5. The molecule has 0 aromatic carbocycles. The third-order valence-electron chi connectivity index (χ3n) is 3.80. The average Bonchev–Trinajstić information content (AvgIpc) is 3.04. The fraction of sp³-hybridized carbons (Fsp3) is 0.500. The van der Waals surface area contributed by atoms with E-state index in [-0.39, 0.29) is 17.9 Å². The first-order valence-corrected chi connectivity index (χ1v) is 6.35. The van der Waals surface area contributed by atoms with Gasteiger partial charge >= 0.3 is 0 Å². The Labute approximate surface area is 110 Å². The molecule has 1 amide bonds. The molecule has 3 rings (SSSR count). The lowest BCUT2D eigenvalue weighted by molar-refractivity contribution is -0.124. The second-order valence-electron chi connectivity index (χ2n) is 4.86. The van der Waals surface area contributed by atoms with Crippen LogP contribution in [0.4, 0.5) is 5.82 Å². The van der Waals surface area contributed by atoms with Crippen LogP contribution in [0.3, 0.4) is 0 Å². The number of rotatable bonds is 2. The van der Waals surface area contributed by atoms with Gasteiger partial charge in [-0.25, -0.2) is 15.0 Å². The molecule has 0 aliphatic heterocycles. The third kappa shape index (κ3) is 1.91. The molecule has 2 aromatic heterocycles. The number of carbonyl (C=O) groups excluding carboxylic acids is 1. The van der Waals surface area contributed by atoms with Gasteiger partial charge in [-0.1, -0.05) is 0 Å². The van der Waals surface area contributed by atoms with Crippen molar-refractivity contribution in [2.75, 3.05) is 12.8 Å². The number of imidazole rings is 1. The number of fused-ring (bicyclic) bond motifs is 1. The van der Waals surface area contributed by atoms with Crippen LogP contribution in [0.5, 0.6) is 0 Å². The molecule has 0 bridgehead atoms. The minimum Gasteiger partial charge on any atom is -0.382 e. The molecule has 7 heteroatoms. The summed E-state index contributed by atoms with van der Waals surface area (Å²) < 4.78 is 2.01. The van der Waals surface area contributed by atoms with Gasteiger partial charge in [0, 0.05) is 19.0 Å². The summed E-state index contributed by atoms with van der Waals surface area (Å²) in [6, 6.07) is 0.251. The van der Waals surface area contributed by atoms with Crippen LogP contribution in [0.25, 0.3) is 11.2 Å². The van der Waals surface area contributed by atoms with Crippen molar-refractivity contribution >= 4 is 22.9 Å². The molecule has 0 radical (unpaired) electrons. The number of amides is 1. The smallest absolute Gasteiger partial charge is 0.222 e. The van der Waals surface area contributed by atoms with E-state index in [0.717, 1.165) is 24.9 Å². The Balaban J connectivity index is 1.90. The molecule has 2 aromatic rings. The van der Waals surface area contributed by atoms with Crippen molar-refractivity contribution < 1.29 is 4.79 Å². The molecule has 7 nitrogen and oxygen atoms in total. The number of hydrogen-bond donors (Lipinski definition) is 2. The Morgan fingerprint density at radius 3 is 3.05 bits per heavy atom. The molecule has 100 valence electrons. The Bertz CT molecular complexity index is 622. The van der Waals surface area contributed by atoms with Crippen molar-refractivity contribution in [1.29, 1.82) is 0 Å². The van der Waals surface area contributed by atoms with Crippen LogP contribution in [-0.2, 0) is 4.79 Å². The molecule has 0 spiro atoms. The van der Waals surface area contributed by atoms with E-state index in [0.29, 0.717) is 11.3 Å². The van der Waals surface area contributed by atoms with Crippen molar-refractivity contribution in [3.63, 3.8) is 0 Å². The molecular weight excluding hydrogens is 244 g/mol. The number of aromatic nitrogens is 4. The Hall–Kier alpha value is -2.18. The van der Waals surface area contributed by atoms with Gasteiger partial charge in [-0.2, -0.15) is 0 Å². The summed E-state index contributed by atoms with van der Waals surface area (Å²) in [7, 11) is 1.68. The van der Waals surface area contributed by atoms with Crippen molar-refractivity contribution in [3.05, 3.63) is 12.7 Å². The fourth-order valence-corrected chi connectivity index (χ4v) is 2.79. The predicted octanol–water partition coefficient (Wildman–Crippen LogP) is 0.496. The van der Waals surface area contributed by atoms with E-state index in [4.69, 9.17) is 5.73 Å². The van der Waals surface area contributed by atoms with E-state index >= 15 is 0 Å². The Morgan fingerprint density at radius 1 is 1.42 bits per heavy atom. The molecular formula is C12H16N6O. The first-order chi connectivity index (χ1) is 9.20. The van der Waals surface area contributed by atoms with Gasteiger partial charge < -0.3 is 15.6 Å². The van der Waals surface area contributed by atoms with Crippen molar-refractivity contribution in [2.45, 2.75) is 25.3 Å². The first-order valence-electron chi connectivity index (χ1n) is 6.35. The second-order valence-corrected chi connectivity index (χ2v) is 4.86. The number of nitrogens with zero attached hydrogens (tertiary/aromatic N) is 4. The lowest BCUT2D eigenvalue weighted by Gasteiger charge is -2.12. The number of nitrogens with two attached hydrogens (primary N) is 1. The SMILES string of the molecule is CNC(=O)[C@@H]1CC[C@@H](n2cnc3c(N)ncnc32)C1. The van der Waals surface area contributed by atoms with Gasteiger partial charge in [-0.3, -0.25) is 4.79 Å². The minimum atomic E-state index is 0.0756. The van der Waals surface area contributed by atoms with Gasteiger partial charge in [0.2, 0.25) is 5.91 Å². The zero-order valence-corrected chi connectivity index (χ0v) is 10.7. The normalized spacial score (nSPS) is 22.8. The Kier molecular flexibility index (Phi) is 2.81. The summed E-state index contributed by atoms with van der Waals surface area (Å²) in [5.74, 6) is 0.581. The van der Waals surface area contributed by atoms with Crippen LogP contribution in [-0.4, -0.2) is 32.5 Å². The number of nitrogens with one attached hydrogen (secondary N) is 1. The highest BCUT2D eigenvalue weighted by atomic mass is 16.1. The van der Waals surface area contributed by atoms with Crippen LogP contribution in [0.1, 0.15) is 25.3 Å². The van der Waals surface area contributed by atoms with E-state index in [9.17, 15) is 4.79 Å². The maximum Gasteiger partial charge on any atom is 0.222 e. The number of carbonyl (C=O) groups is 1. The number of anilines is 1. The van der Waals surface area contributed by atoms with Crippen LogP contribution in [0.15, 0.2) is 12.7 Å². The third-order valence-corrected chi connectivity index (χ3v) is 3.80. The quantitative estimate of drug-likeness (QED) is 0.819. The van der Waals surface area contributed by atoms with Crippen molar-refractivity contribution in [1.82, 2.24) is 24.8 Å². The zero-order valence-electron chi connectivity index (χ0n) is 10.7. The molecule has 2 heterocycles. The van der Waals surface area contributed by atoms with Crippen LogP contribution in [0.2, 0.25) is 0 Å². The lowest BCUT2D eigenvalue weighted by Crippen LogP contribution is -2.25. The van der Waals surface area contributed by atoms with Crippen LogP contribution in [0, 0.1) is 5.92 Å². The zero-order chi connectivity index (χ0) is 13.4. The van der Waals surface area contributed by atoms with Gasteiger partial charge in [0.1, 0.15) is 11.8 Å². The van der Waals surface area contributed by atoms with Crippen molar-refractivity contribution in [2.24, 2.45) is 5.92 Å². The predicted molar refractivity (Wildman–Crippen MR) is 70.2 cm³/mol. The maximum atomic E-state index is 11.7. The van der Waals surface area contributed by atoms with Gasteiger partial charge in [0.05, 0.1) is 6.33 Å². The summed E-state index contributed by atoms with van der Waals surface area (Å²) in [4.78, 5) is 24.1. The molecule has 1 fully saturated rings. The van der Waals surface area contributed by atoms with Crippen LogP contribution < -0.4 is 11.1 Å². The van der Waals surface area contributed by atoms with E-state index in [2.05, 4.69) is 20.3 Å². The number of nitrogen functional groups attached to an aromatic ring is 1. The highest BCUT2D eigenvalue weighted by molar-refractivity contribution is 5.81. The largest absolute Gasteiger partial charge is 0.382 e. The topological polar surface area (TPSA) is 98.7 Å². The standard InChI is InChI=1S/C12H16N6O/c1-14-12(19)7-2-3-8(4-7)18-6-17-9-10(13)15-5-16-11(9)18/h5-8H,2-4H2,1H3,(H,14,19)(H2,13,15,16)/t7-,8-/m1/s1. The van der Waals surface area contributed by atoms with Gasteiger partial charge in [0.15, 0.2) is 11.5 Å². The summed E-state index contributed by atoms with van der Waals surface area (Å²) >= 11 is 0. The average molecular weight is 260 g/mol. The summed E-state index contributed by atoms with van der Waals surface area (Å²) in [5.41, 5.74) is 7.15. The summed E-state index contributed by atoms with van der Waals surface area (Å²) in [6.45, 7) is 0. The fourth-order valence-electron chi connectivity index (χ4n) is 2.79. The first kappa shape index (κ1) is 11.9.